The highest BCUT2D eigenvalue weighted by atomic mass is 32.2. The highest BCUT2D eigenvalue weighted by molar-refractivity contribution is 8.15. The average molecular weight is 677 g/mol. The van der Waals surface area contributed by atoms with Crippen LogP contribution in [-0.2, 0) is 4.79 Å². The van der Waals surface area contributed by atoms with Gasteiger partial charge in [-0.3, -0.25) is 9.69 Å². The molecule has 1 aliphatic heterocycles. The number of carbonyl (C=O) groups is 2. The molecular weight excluding hydrogens is 651 g/mol. The molecule has 0 unspecified atom stereocenters. The first kappa shape index (κ1) is 32.8. The second-order valence-corrected chi connectivity index (χ2v) is 12.4. The van der Waals surface area contributed by atoms with Gasteiger partial charge in [-0.15, -0.1) is 23.4 Å². The van der Waals surface area contributed by atoms with Crippen LogP contribution in [0.1, 0.15) is 25.3 Å². The number of amidine groups is 1. The van der Waals surface area contributed by atoms with Crippen LogP contribution >= 0.6 is 23.1 Å². The minimum Gasteiger partial charge on any atom is -0.406 e. The van der Waals surface area contributed by atoms with Crippen LogP contribution in [0, 0.1) is 11.6 Å². The summed E-state index contributed by atoms with van der Waals surface area (Å²) in [5, 5.41) is 11.2. The Hall–Kier alpha value is -4.57. The number of aromatic nitrogens is 2. The van der Waals surface area contributed by atoms with Gasteiger partial charge in [0.1, 0.15) is 27.4 Å². The summed E-state index contributed by atoms with van der Waals surface area (Å²) >= 11 is 2.12. The summed E-state index contributed by atoms with van der Waals surface area (Å²) in [6, 6.07) is 11.0. The predicted octanol–water partition coefficient (Wildman–Crippen LogP) is 7.91. The number of carbonyl (C=O) groups excluding carboxylic acids is 2. The van der Waals surface area contributed by atoms with Gasteiger partial charge in [0, 0.05) is 25.2 Å². The van der Waals surface area contributed by atoms with Gasteiger partial charge in [-0.2, -0.15) is 4.99 Å². The zero-order chi connectivity index (χ0) is 33.3. The van der Waals surface area contributed by atoms with Crippen molar-refractivity contribution >= 4 is 57.3 Å². The van der Waals surface area contributed by atoms with E-state index in [1.807, 2.05) is 13.8 Å². The van der Waals surface area contributed by atoms with E-state index >= 15 is 4.39 Å². The molecule has 5 rings (SSSR count). The Morgan fingerprint density at radius 1 is 1.00 bits per heavy atom. The lowest BCUT2D eigenvalue weighted by Gasteiger charge is -2.24. The van der Waals surface area contributed by atoms with Gasteiger partial charge < -0.3 is 15.0 Å². The Morgan fingerprint density at radius 3 is 2.26 bits per heavy atom. The monoisotopic (exact) mass is 676 g/mol. The van der Waals surface area contributed by atoms with Crippen molar-refractivity contribution in [2.24, 2.45) is 4.99 Å². The number of ether oxygens (including phenoxy) is 1. The standard InChI is InChI=1S/C30H25F5N6O3S2/c1-15(2)19-12-21(32)24(40(3)4)13-23(19)41-25(42)14-45-29(41)37-28(43)36-22-10-7-17(11-20(22)31)27-39-38-26(46-27)16-5-8-18(9-6-16)44-30(33,34)35/h5-13,15H,14H2,1-4H3,(H,36,43). The second kappa shape index (κ2) is 13.0. The molecule has 1 aromatic heterocycles. The quantitative estimate of drug-likeness (QED) is 0.199. The number of halogens is 5. The van der Waals surface area contributed by atoms with Crippen LogP contribution in [0.2, 0.25) is 0 Å². The first-order valence-electron chi connectivity index (χ1n) is 13.6. The van der Waals surface area contributed by atoms with Gasteiger partial charge in [0.05, 0.1) is 22.8 Å². The number of rotatable bonds is 7. The van der Waals surface area contributed by atoms with E-state index in [0.717, 1.165) is 41.3 Å². The van der Waals surface area contributed by atoms with Gasteiger partial charge >= 0.3 is 12.4 Å². The normalized spacial score (nSPS) is 14.3. The molecule has 0 saturated carbocycles. The van der Waals surface area contributed by atoms with E-state index < -0.39 is 24.0 Å². The van der Waals surface area contributed by atoms with Crippen LogP contribution in [-0.4, -0.2) is 53.5 Å². The van der Waals surface area contributed by atoms with Crippen LogP contribution in [0.3, 0.4) is 0 Å². The third-order valence-electron chi connectivity index (χ3n) is 6.62. The number of anilines is 3. The maximum atomic E-state index is 15.1. The van der Waals surface area contributed by atoms with E-state index in [-0.39, 0.29) is 39.9 Å². The number of alkyl halides is 3. The van der Waals surface area contributed by atoms with Crippen molar-refractivity contribution in [1.29, 1.82) is 0 Å². The third kappa shape index (κ3) is 7.28. The molecule has 16 heteroatoms. The highest BCUT2D eigenvalue weighted by Crippen LogP contribution is 2.38. The van der Waals surface area contributed by atoms with Gasteiger partial charge in [0.25, 0.3) is 0 Å². The van der Waals surface area contributed by atoms with Gasteiger partial charge in [-0.25, -0.2) is 13.6 Å². The number of thioether (sulfide) groups is 1. The van der Waals surface area contributed by atoms with E-state index in [1.165, 1.54) is 41.3 Å². The summed E-state index contributed by atoms with van der Waals surface area (Å²) in [7, 11) is 3.34. The van der Waals surface area contributed by atoms with Crippen LogP contribution < -0.4 is 19.9 Å². The van der Waals surface area contributed by atoms with E-state index in [0.29, 0.717) is 32.4 Å². The molecule has 0 atom stereocenters. The molecule has 240 valence electrons. The van der Waals surface area contributed by atoms with Crippen molar-refractivity contribution in [3.63, 3.8) is 0 Å². The van der Waals surface area contributed by atoms with Crippen molar-refractivity contribution in [3.8, 4) is 26.9 Å². The van der Waals surface area contributed by atoms with Crippen LogP contribution in [0.4, 0.5) is 43.8 Å². The number of urea groups is 1. The zero-order valence-electron chi connectivity index (χ0n) is 24.6. The lowest BCUT2D eigenvalue weighted by molar-refractivity contribution is -0.274. The minimum atomic E-state index is -4.81. The largest absolute Gasteiger partial charge is 0.573 e. The highest BCUT2D eigenvalue weighted by Gasteiger charge is 2.34. The van der Waals surface area contributed by atoms with Crippen LogP contribution in [0.15, 0.2) is 59.6 Å². The molecule has 0 aliphatic carbocycles. The topological polar surface area (TPSA) is 100 Å². The zero-order valence-corrected chi connectivity index (χ0v) is 26.3. The Labute approximate surface area is 268 Å². The molecule has 0 radical (unpaired) electrons. The molecule has 0 spiro atoms. The molecular formula is C30H25F5N6O3S2. The van der Waals surface area contributed by atoms with Crippen molar-refractivity contribution in [3.05, 3.63) is 71.8 Å². The van der Waals surface area contributed by atoms with Crippen molar-refractivity contribution in [2.75, 3.05) is 35.0 Å². The fraction of sp³-hybridized carbons (Fsp3) is 0.233. The summed E-state index contributed by atoms with van der Waals surface area (Å²) in [5.41, 5.74) is 1.87. The molecule has 2 heterocycles. The molecule has 3 amide bonds. The summed E-state index contributed by atoms with van der Waals surface area (Å²) in [6.45, 7) is 3.71. The number of nitrogens with one attached hydrogen (secondary N) is 1. The number of aliphatic imine (C=N–C) groups is 1. The van der Waals surface area contributed by atoms with Crippen LogP contribution in [0.25, 0.3) is 21.1 Å². The van der Waals surface area contributed by atoms with E-state index in [1.54, 1.807) is 19.0 Å². The van der Waals surface area contributed by atoms with E-state index in [9.17, 15) is 27.2 Å². The maximum Gasteiger partial charge on any atom is 0.573 e. The summed E-state index contributed by atoms with van der Waals surface area (Å²) in [4.78, 5) is 32.7. The smallest absolute Gasteiger partial charge is 0.406 e. The fourth-order valence-electron chi connectivity index (χ4n) is 4.48. The summed E-state index contributed by atoms with van der Waals surface area (Å²) in [6.07, 6.45) is -4.81. The molecule has 46 heavy (non-hydrogen) atoms. The van der Waals surface area contributed by atoms with Gasteiger partial charge in [-0.1, -0.05) is 36.9 Å². The van der Waals surface area contributed by atoms with Gasteiger partial charge in [-0.05, 0) is 66.1 Å². The first-order chi connectivity index (χ1) is 21.7. The molecule has 1 N–H and O–H groups in total. The summed E-state index contributed by atoms with van der Waals surface area (Å²) in [5.74, 6) is -2.11. The second-order valence-electron chi connectivity index (χ2n) is 10.4. The molecule has 1 aliphatic rings. The molecule has 0 bridgehead atoms. The minimum absolute atomic E-state index is 0.0106. The number of hydrogen-bond acceptors (Lipinski definition) is 8. The Morgan fingerprint density at radius 2 is 1.65 bits per heavy atom. The number of benzene rings is 3. The summed E-state index contributed by atoms with van der Waals surface area (Å²) < 4.78 is 71.0. The van der Waals surface area contributed by atoms with E-state index in [4.69, 9.17) is 0 Å². The number of nitrogens with zero attached hydrogens (tertiary/aromatic N) is 5. The van der Waals surface area contributed by atoms with Gasteiger partial charge in [0.2, 0.25) is 5.91 Å². The first-order valence-corrected chi connectivity index (χ1v) is 15.4. The Kier molecular flexibility index (Phi) is 9.30. The van der Waals surface area contributed by atoms with Crippen molar-refractivity contribution < 1.29 is 36.3 Å². The average Bonchev–Trinajstić information content (AvgIpc) is 3.60. The third-order valence-corrected chi connectivity index (χ3v) is 8.57. The maximum absolute atomic E-state index is 15.1. The SMILES string of the molecule is CC(C)c1cc(F)c(N(C)C)cc1N1C(=O)CSC1=NC(=O)Nc1ccc(-c2nnc(-c3ccc(OC(F)(F)F)cc3)s2)cc1F. The van der Waals surface area contributed by atoms with Gasteiger partial charge in [0.15, 0.2) is 5.17 Å². The molecule has 4 aromatic rings. The molecule has 1 fully saturated rings. The Balaban J connectivity index is 1.33. The van der Waals surface area contributed by atoms with Crippen LogP contribution in [0.5, 0.6) is 5.75 Å². The lowest BCUT2D eigenvalue weighted by atomic mass is 9.99. The number of hydrogen-bond donors (Lipinski definition) is 1. The fourth-order valence-corrected chi connectivity index (χ4v) is 6.19. The Bertz CT molecular complexity index is 1830. The van der Waals surface area contributed by atoms with Crippen molar-refractivity contribution in [1.82, 2.24) is 10.2 Å². The molecule has 9 nitrogen and oxygen atoms in total. The van der Waals surface area contributed by atoms with E-state index in [2.05, 4.69) is 25.2 Å². The molecule has 1 saturated heterocycles. The lowest BCUT2D eigenvalue weighted by Crippen LogP contribution is -2.31. The predicted molar refractivity (Wildman–Crippen MR) is 169 cm³/mol. The number of amides is 3. The van der Waals surface area contributed by atoms with Crippen molar-refractivity contribution in [2.45, 2.75) is 26.1 Å². The molecule has 3 aromatic carbocycles.